The second-order valence-electron chi connectivity index (χ2n) is 6.07. The molecule has 0 amide bonds. The van der Waals surface area contributed by atoms with E-state index in [1.165, 1.54) is 0 Å². The van der Waals surface area contributed by atoms with Gasteiger partial charge < -0.3 is 4.42 Å². The summed E-state index contributed by atoms with van der Waals surface area (Å²) < 4.78 is 32.2. The van der Waals surface area contributed by atoms with Crippen LogP contribution >= 0.6 is 0 Å². The van der Waals surface area contributed by atoms with Crippen LogP contribution in [0.15, 0.2) is 28.7 Å². The predicted molar refractivity (Wildman–Crippen MR) is 89.7 cm³/mol. The zero-order valence-electron chi connectivity index (χ0n) is 14.0. The average molecular weight is 350 g/mol. The summed E-state index contributed by atoms with van der Waals surface area (Å²) in [5.41, 5.74) is 1.87. The van der Waals surface area contributed by atoms with Crippen molar-refractivity contribution in [2.75, 3.05) is 26.2 Å². The van der Waals surface area contributed by atoms with Gasteiger partial charge in [-0.1, -0.05) is 24.3 Å². The Kier molecular flexibility index (Phi) is 4.98. The molecule has 2 aromatic rings. The standard InChI is InChI=1S/C16H22N4O3S/c1-13-5-3-4-6-15(13)12-24(21,22)20-9-7-19(8-10-20)11-16-18-17-14(2)23-16/h3-6H,7-12H2,1-2H3. The van der Waals surface area contributed by atoms with E-state index in [2.05, 4.69) is 15.1 Å². The highest BCUT2D eigenvalue weighted by molar-refractivity contribution is 7.88. The van der Waals surface area contributed by atoms with Crippen molar-refractivity contribution in [2.24, 2.45) is 0 Å². The van der Waals surface area contributed by atoms with Gasteiger partial charge >= 0.3 is 0 Å². The van der Waals surface area contributed by atoms with E-state index < -0.39 is 10.0 Å². The van der Waals surface area contributed by atoms with E-state index in [9.17, 15) is 8.42 Å². The van der Waals surface area contributed by atoms with Crippen LogP contribution in [-0.4, -0.2) is 54.0 Å². The Bertz CT molecular complexity index is 795. The van der Waals surface area contributed by atoms with Gasteiger partial charge in [0.1, 0.15) is 0 Å². The van der Waals surface area contributed by atoms with Crippen LogP contribution in [0.2, 0.25) is 0 Å². The van der Waals surface area contributed by atoms with Crippen molar-refractivity contribution in [2.45, 2.75) is 26.1 Å². The summed E-state index contributed by atoms with van der Waals surface area (Å²) in [6, 6.07) is 7.61. The lowest BCUT2D eigenvalue weighted by atomic mass is 10.1. The molecule has 1 aromatic carbocycles. The molecule has 3 rings (SSSR count). The Balaban J connectivity index is 1.58. The first kappa shape index (κ1) is 17.1. The first-order chi connectivity index (χ1) is 11.4. The molecule has 130 valence electrons. The molecule has 7 nitrogen and oxygen atoms in total. The average Bonchev–Trinajstić information content (AvgIpc) is 2.95. The third-order valence-corrected chi connectivity index (χ3v) is 6.08. The number of sulfonamides is 1. The van der Waals surface area contributed by atoms with Crippen LogP contribution in [0.4, 0.5) is 0 Å². The Morgan fingerprint density at radius 2 is 1.79 bits per heavy atom. The molecule has 0 N–H and O–H groups in total. The van der Waals surface area contributed by atoms with Gasteiger partial charge in [0.15, 0.2) is 0 Å². The summed E-state index contributed by atoms with van der Waals surface area (Å²) in [7, 11) is -3.30. The van der Waals surface area contributed by atoms with Crippen LogP contribution in [0.5, 0.6) is 0 Å². The number of piperazine rings is 1. The van der Waals surface area contributed by atoms with Gasteiger partial charge in [0.25, 0.3) is 0 Å². The summed E-state index contributed by atoms with van der Waals surface area (Å²) in [5.74, 6) is 1.18. The second-order valence-corrected chi connectivity index (χ2v) is 8.04. The van der Waals surface area contributed by atoms with Gasteiger partial charge in [-0.2, -0.15) is 4.31 Å². The first-order valence-corrected chi connectivity index (χ1v) is 9.58. The lowest BCUT2D eigenvalue weighted by molar-refractivity contribution is 0.167. The fraction of sp³-hybridized carbons (Fsp3) is 0.500. The molecular formula is C16H22N4O3S. The molecule has 0 aliphatic carbocycles. The largest absolute Gasteiger partial charge is 0.424 e. The monoisotopic (exact) mass is 350 g/mol. The molecule has 1 fully saturated rings. The molecule has 0 unspecified atom stereocenters. The smallest absolute Gasteiger partial charge is 0.230 e. The van der Waals surface area contributed by atoms with E-state index >= 15 is 0 Å². The maximum atomic E-state index is 12.6. The van der Waals surface area contributed by atoms with Gasteiger partial charge in [0.2, 0.25) is 21.8 Å². The highest BCUT2D eigenvalue weighted by atomic mass is 32.2. The molecule has 24 heavy (non-hydrogen) atoms. The van der Waals surface area contributed by atoms with Crippen LogP contribution in [0.3, 0.4) is 0 Å². The summed E-state index contributed by atoms with van der Waals surface area (Å²) in [5, 5.41) is 7.79. The Hall–Kier alpha value is -1.77. The van der Waals surface area contributed by atoms with Crippen molar-refractivity contribution < 1.29 is 12.8 Å². The molecule has 1 aliphatic rings. The number of aryl methyl sites for hydroxylation is 2. The van der Waals surface area contributed by atoms with E-state index in [4.69, 9.17) is 4.42 Å². The summed E-state index contributed by atoms with van der Waals surface area (Å²) >= 11 is 0. The maximum absolute atomic E-state index is 12.6. The SMILES string of the molecule is Cc1nnc(CN2CCN(S(=O)(=O)Cc3ccccc3C)CC2)o1. The van der Waals surface area contributed by atoms with Crippen LogP contribution in [-0.2, 0) is 22.3 Å². The van der Waals surface area contributed by atoms with Crippen LogP contribution < -0.4 is 0 Å². The molecule has 1 saturated heterocycles. The topological polar surface area (TPSA) is 79.5 Å². The highest BCUT2D eigenvalue weighted by Crippen LogP contribution is 2.17. The van der Waals surface area contributed by atoms with Gasteiger partial charge in [-0.05, 0) is 18.1 Å². The summed E-state index contributed by atoms with van der Waals surface area (Å²) in [4.78, 5) is 2.13. The number of benzene rings is 1. The molecule has 1 aliphatic heterocycles. The van der Waals surface area contributed by atoms with Crippen LogP contribution in [0.25, 0.3) is 0 Å². The lowest BCUT2D eigenvalue weighted by Gasteiger charge is -2.33. The van der Waals surface area contributed by atoms with E-state index in [1.54, 1.807) is 11.2 Å². The highest BCUT2D eigenvalue weighted by Gasteiger charge is 2.28. The summed E-state index contributed by atoms with van der Waals surface area (Å²) in [6.07, 6.45) is 0. The molecular weight excluding hydrogens is 328 g/mol. The van der Waals surface area contributed by atoms with E-state index in [-0.39, 0.29) is 5.75 Å². The molecule has 0 saturated carbocycles. The number of aromatic nitrogens is 2. The molecule has 0 radical (unpaired) electrons. The van der Waals surface area contributed by atoms with E-state index in [1.807, 2.05) is 31.2 Å². The van der Waals surface area contributed by atoms with Crippen molar-refractivity contribution in [3.8, 4) is 0 Å². The third-order valence-electron chi connectivity index (χ3n) is 4.25. The second kappa shape index (κ2) is 7.00. The minimum Gasteiger partial charge on any atom is -0.424 e. The Morgan fingerprint density at radius 1 is 1.08 bits per heavy atom. The predicted octanol–water partition coefficient (Wildman–Crippen LogP) is 1.33. The fourth-order valence-electron chi connectivity index (χ4n) is 2.82. The minimum absolute atomic E-state index is 0.0581. The van der Waals surface area contributed by atoms with Gasteiger partial charge in [0.05, 0.1) is 12.3 Å². The molecule has 2 heterocycles. The van der Waals surface area contributed by atoms with Gasteiger partial charge in [0, 0.05) is 33.1 Å². The molecule has 0 atom stereocenters. The quantitative estimate of drug-likeness (QED) is 0.809. The van der Waals surface area contributed by atoms with Crippen molar-refractivity contribution >= 4 is 10.0 Å². The van der Waals surface area contributed by atoms with Crippen molar-refractivity contribution in [3.05, 3.63) is 47.2 Å². The normalized spacial score (nSPS) is 17.2. The third kappa shape index (κ3) is 4.00. The molecule has 8 heteroatoms. The molecule has 0 bridgehead atoms. The van der Waals surface area contributed by atoms with Gasteiger partial charge in [-0.25, -0.2) is 8.42 Å². The molecule has 1 aromatic heterocycles. The number of nitrogens with zero attached hydrogens (tertiary/aromatic N) is 4. The molecule has 0 spiro atoms. The number of rotatable bonds is 5. The Labute approximate surface area is 142 Å². The van der Waals surface area contributed by atoms with Crippen molar-refractivity contribution in [3.63, 3.8) is 0 Å². The number of hydrogen-bond acceptors (Lipinski definition) is 6. The minimum atomic E-state index is -3.30. The zero-order chi connectivity index (χ0) is 17.2. The fourth-order valence-corrected chi connectivity index (χ4v) is 4.44. The lowest BCUT2D eigenvalue weighted by Crippen LogP contribution is -2.48. The van der Waals surface area contributed by atoms with Crippen LogP contribution in [0, 0.1) is 13.8 Å². The Morgan fingerprint density at radius 3 is 2.42 bits per heavy atom. The van der Waals surface area contributed by atoms with Crippen LogP contribution in [0.1, 0.15) is 22.9 Å². The number of hydrogen-bond donors (Lipinski definition) is 0. The summed E-state index contributed by atoms with van der Waals surface area (Å²) in [6.45, 7) is 6.56. The maximum Gasteiger partial charge on any atom is 0.230 e. The van der Waals surface area contributed by atoms with Crippen molar-refractivity contribution in [1.29, 1.82) is 0 Å². The first-order valence-electron chi connectivity index (χ1n) is 7.98. The van der Waals surface area contributed by atoms with Gasteiger partial charge in [-0.3, -0.25) is 4.90 Å². The van der Waals surface area contributed by atoms with Gasteiger partial charge in [-0.15, -0.1) is 10.2 Å². The van der Waals surface area contributed by atoms with E-state index in [0.717, 1.165) is 11.1 Å². The zero-order valence-corrected chi connectivity index (χ0v) is 14.8. The van der Waals surface area contributed by atoms with E-state index in [0.29, 0.717) is 44.5 Å². The van der Waals surface area contributed by atoms with Crippen molar-refractivity contribution in [1.82, 2.24) is 19.4 Å².